The van der Waals surface area contributed by atoms with Crippen molar-refractivity contribution in [3.8, 4) is 62.1 Å². The van der Waals surface area contributed by atoms with Crippen LogP contribution >= 0.6 is 0 Å². The van der Waals surface area contributed by atoms with E-state index in [9.17, 15) is 13.2 Å². The number of aromatic nitrogens is 4. The van der Waals surface area contributed by atoms with Crippen LogP contribution in [0.2, 0.25) is 0 Å². The number of fused-ring (bicyclic) bond motifs is 3. The van der Waals surface area contributed by atoms with E-state index in [2.05, 4.69) is 60.0 Å². The van der Waals surface area contributed by atoms with Crippen LogP contribution in [0.5, 0.6) is 0 Å². The predicted octanol–water partition coefficient (Wildman–Crippen LogP) is 12.6. The summed E-state index contributed by atoms with van der Waals surface area (Å²) in [5.41, 5.74) is 9.25. The Morgan fingerprint density at radius 2 is 1.00 bits per heavy atom. The molecule has 0 amide bonds. The Morgan fingerprint density at radius 1 is 0.426 bits per heavy atom. The maximum Gasteiger partial charge on any atom is 0.416 e. The molecule has 9 rings (SSSR count). The molecule has 54 heavy (non-hydrogen) atoms. The Bertz CT molecular complexity index is 2750. The quantitative estimate of drug-likeness (QED) is 0.173. The lowest BCUT2D eigenvalue weighted by Crippen LogP contribution is -2.04. The summed E-state index contributed by atoms with van der Waals surface area (Å²) in [5.74, 6) is 1.40. The molecule has 0 unspecified atom stereocenters. The molecule has 0 fully saturated rings. The number of halogens is 3. The number of nitrogens with zero attached hydrogens (tertiary/aromatic N) is 4. The van der Waals surface area contributed by atoms with Gasteiger partial charge in [-0.15, -0.1) is 0 Å². The first kappa shape index (κ1) is 33.0. The smallest absolute Gasteiger partial charge is 0.309 e. The molecule has 0 bridgehead atoms. The van der Waals surface area contributed by atoms with Crippen molar-refractivity contribution in [1.82, 2.24) is 19.5 Å². The van der Waals surface area contributed by atoms with Gasteiger partial charge in [-0.05, 0) is 83.3 Å². The first-order valence-corrected chi connectivity index (χ1v) is 17.6. The zero-order chi connectivity index (χ0) is 36.8. The molecule has 2 heterocycles. The predicted molar refractivity (Wildman–Crippen MR) is 211 cm³/mol. The lowest BCUT2D eigenvalue weighted by Gasteiger charge is -2.16. The van der Waals surface area contributed by atoms with Gasteiger partial charge in [-0.3, -0.25) is 0 Å². The minimum atomic E-state index is -4.47. The fraction of sp³-hybridized carbons (Fsp3) is 0.0426. The normalized spacial score (nSPS) is 11.7. The Hall–Kier alpha value is -6.86. The third-order valence-electron chi connectivity index (χ3n) is 9.85. The summed E-state index contributed by atoms with van der Waals surface area (Å²) in [7, 11) is 0. The minimum absolute atomic E-state index is 0.411. The molecule has 260 valence electrons. The Kier molecular flexibility index (Phi) is 8.12. The molecule has 0 atom stereocenters. The summed E-state index contributed by atoms with van der Waals surface area (Å²) in [6, 6.07) is 53.8. The second-order valence-corrected chi connectivity index (χ2v) is 13.2. The maximum atomic E-state index is 13.8. The summed E-state index contributed by atoms with van der Waals surface area (Å²) in [6.07, 6.45) is -4.47. The van der Waals surface area contributed by atoms with Gasteiger partial charge in [-0.25, -0.2) is 15.0 Å². The fourth-order valence-electron chi connectivity index (χ4n) is 7.19. The van der Waals surface area contributed by atoms with Gasteiger partial charge < -0.3 is 4.57 Å². The van der Waals surface area contributed by atoms with Crippen LogP contribution in [0.25, 0.3) is 83.9 Å². The van der Waals surface area contributed by atoms with Crippen molar-refractivity contribution < 1.29 is 13.2 Å². The SMILES string of the molecule is Cc1ccccc1-c1ccc2c(c1)c1ccccc1n2-c1ccc(-c2nc(-c3ccccc3)nc(-c3ccccc3)n2)c(-c2ccc(C(F)(F)F)cc2)c1. The van der Waals surface area contributed by atoms with Crippen LogP contribution in [0.15, 0.2) is 170 Å². The van der Waals surface area contributed by atoms with Gasteiger partial charge in [-0.2, -0.15) is 13.2 Å². The summed E-state index contributed by atoms with van der Waals surface area (Å²) in [5, 5.41) is 2.20. The number of alkyl halides is 3. The van der Waals surface area contributed by atoms with Gasteiger partial charge in [0.25, 0.3) is 0 Å². The van der Waals surface area contributed by atoms with Gasteiger partial charge in [0.15, 0.2) is 17.5 Å². The summed E-state index contributed by atoms with van der Waals surface area (Å²) in [6.45, 7) is 2.12. The molecule has 7 aromatic carbocycles. The molecule has 0 aliphatic heterocycles. The monoisotopic (exact) mass is 708 g/mol. The van der Waals surface area contributed by atoms with Crippen LogP contribution in [0.4, 0.5) is 13.2 Å². The Labute approximate surface area is 309 Å². The Balaban J connectivity index is 1.28. The van der Waals surface area contributed by atoms with Gasteiger partial charge in [0, 0.05) is 33.2 Å². The highest BCUT2D eigenvalue weighted by molar-refractivity contribution is 6.10. The molecule has 0 spiro atoms. The van der Waals surface area contributed by atoms with Crippen molar-refractivity contribution >= 4 is 21.8 Å². The average Bonchev–Trinajstić information content (AvgIpc) is 3.55. The number of rotatable bonds is 6. The lowest BCUT2D eigenvalue weighted by molar-refractivity contribution is -0.137. The molecule has 0 saturated heterocycles. The standard InChI is InChI=1S/C47H31F3N4/c1-30-12-8-9-17-37(30)34-22-27-43-41(28-34)38-18-10-11-19-42(38)54(43)36-25-26-39(40(29-36)31-20-23-35(24-21-31)47(48,49)50)46-52-44(32-13-4-2-5-14-32)51-45(53-46)33-15-6-3-7-16-33/h2-29H,1H3. The Morgan fingerprint density at radius 3 is 1.67 bits per heavy atom. The zero-order valence-electron chi connectivity index (χ0n) is 29.1. The van der Waals surface area contributed by atoms with Crippen LogP contribution in [0.3, 0.4) is 0 Å². The van der Waals surface area contributed by atoms with E-state index in [0.717, 1.165) is 56.3 Å². The van der Waals surface area contributed by atoms with Gasteiger partial charge in [0.1, 0.15) is 0 Å². The van der Waals surface area contributed by atoms with E-state index in [0.29, 0.717) is 34.2 Å². The van der Waals surface area contributed by atoms with Crippen LogP contribution in [0.1, 0.15) is 11.1 Å². The fourth-order valence-corrected chi connectivity index (χ4v) is 7.19. The third-order valence-corrected chi connectivity index (χ3v) is 9.85. The van der Waals surface area contributed by atoms with Crippen LogP contribution in [0, 0.1) is 6.92 Å². The number of hydrogen-bond donors (Lipinski definition) is 0. The van der Waals surface area contributed by atoms with Crippen molar-refractivity contribution in [2.75, 3.05) is 0 Å². The molecule has 0 saturated carbocycles. The highest BCUT2D eigenvalue weighted by atomic mass is 19.4. The molecular weight excluding hydrogens is 678 g/mol. The van der Waals surface area contributed by atoms with Crippen LogP contribution in [-0.4, -0.2) is 19.5 Å². The van der Waals surface area contributed by atoms with Crippen molar-refractivity contribution in [3.05, 3.63) is 181 Å². The molecule has 2 aromatic heterocycles. The lowest BCUT2D eigenvalue weighted by atomic mass is 9.97. The molecule has 7 heteroatoms. The highest BCUT2D eigenvalue weighted by Gasteiger charge is 2.30. The summed E-state index contributed by atoms with van der Waals surface area (Å²) >= 11 is 0. The van der Waals surface area contributed by atoms with E-state index >= 15 is 0 Å². The molecule has 0 radical (unpaired) electrons. The number of hydrogen-bond acceptors (Lipinski definition) is 3. The van der Waals surface area contributed by atoms with Crippen LogP contribution in [-0.2, 0) is 6.18 Å². The number of aryl methyl sites for hydroxylation is 1. The van der Waals surface area contributed by atoms with E-state index in [4.69, 9.17) is 15.0 Å². The van der Waals surface area contributed by atoms with Crippen molar-refractivity contribution in [3.63, 3.8) is 0 Å². The van der Waals surface area contributed by atoms with Crippen LogP contribution < -0.4 is 0 Å². The highest BCUT2D eigenvalue weighted by Crippen LogP contribution is 2.40. The molecule has 0 aliphatic rings. The minimum Gasteiger partial charge on any atom is -0.309 e. The van der Waals surface area contributed by atoms with Crippen molar-refractivity contribution in [2.24, 2.45) is 0 Å². The summed E-state index contributed by atoms with van der Waals surface area (Å²) < 4.78 is 43.5. The molecule has 9 aromatic rings. The molecule has 4 nitrogen and oxygen atoms in total. The third kappa shape index (κ3) is 5.99. The first-order valence-electron chi connectivity index (χ1n) is 17.6. The molecule has 0 N–H and O–H groups in total. The van der Waals surface area contributed by atoms with Crippen molar-refractivity contribution in [1.29, 1.82) is 0 Å². The number of benzene rings is 7. The van der Waals surface area contributed by atoms with E-state index in [1.165, 1.54) is 23.3 Å². The van der Waals surface area contributed by atoms with Gasteiger partial charge in [0.2, 0.25) is 0 Å². The van der Waals surface area contributed by atoms with E-state index < -0.39 is 11.7 Å². The van der Waals surface area contributed by atoms with Gasteiger partial charge in [-0.1, -0.05) is 121 Å². The largest absolute Gasteiger partial charge is 0.416 e. The van der Waals surface area contributed by atoms with Gasteiger partial charge >= 0.3 is 6.18 Å². The van der Waals surface area contributed by atoms with E-state index in [1.54, 1.807) is 0 Å². The van der Waals surface area contributed by atoms with Crippen molar-refractivity contribution in [2.45, 2.75) is 13.1 Å². The second-order valence-electron chi connectivity index (χ2n) is 13.2. The first-order chi connectivity index (χ1) is 26.3. The van der Waals surface area contributed by atoms with E-state index in [-0.39, 0.29) is 0 Å². The second kappa shape index (κ2) is 13.3. The average molecular weight is 709 g/mol. The number of para-hydroxylation sites is 1. The van der Waals surface area contributed by atoms with E-state index in [1.807, 2.05) is 97.1 Å². The zero-order valence-corrected chi connectivity index (χ0v) is 29.1. The summed E-state index contributed by atoms with van der Waals surface area (Å²) in [4.78, 5) is 14.8. The molecular formula is C47H31F3N4. The van der Waals surface area contributed by atoms with Gasteiger partial charge in [0.05, 0.1) is 16.6 Å². The topological polar surface area (TPSA) is 43.6 Å². The maximum absolute atomic E-state index is 13.8. The molecule has 0 aliphatic carbocycles.